The zero-order valence-electron chi connectivity index (χ0n) is 11.5. The van der Waals surface area contributed by atoms with Crippen LogP contribution in [0.25, 0.3) is 0 Å². The number of methoxy groups -OCH3 is 1. The summed E-state index contributed by atoms with van der Waals surface area (Å²) in [6.45, 7) is 6.30. The van der Waals surface area contributed by atoms with Crippen molar-refractivity contribution in [2.45, 2.75) is 33.4 Å². The summed E-state index contributed by atoms with van der Waals surface area (Å²) in [4.78, 5) is 11.8. The van der Waals surface area contributed by atoms with Crippen LogP contribution >= 0.6 is 0 Å². The molecule has 0 aliphatic carbocycles. The van der Waals surface area contributed by atoms with Crippen molar-refractivity contribution < 1.29 is 9.53 Å². The highest BCUT2D eigenvalue weighted by Gasteiger charge is 2.17. The number of rotatable bonds is 5. The third-order valence-corrected chi connectivity index (χ3v) is 2.91. The Morgan fingerprint density at radius 2 is 2.11 bits per heavy atom. The fourth-order valence-electron chi connectivity index (χ4n) is 1.65. The molecule has 0 spiro atoms. The second-order valence-electron chi connectivity index (χ2n) is 4.80. The van der Waals surface area contributed by atoms with E-state index in [-0.39, 0.29) is 11.8 Å². The van der Waals surface area contributed by atoms with E-state index in [0.717, 1.165) is 16.9 Å². The van der Waals surface area contributed by atoms with E-state index in [1.165, 1.54) is 0 Å². The molecule has 0 radical (unpaired) electrons. The Kier molecular flexibility index (Phi) is 5.16. The van der Waals surface area contributed by atoms with Gasteiger partial charge in [0, 0.05) is 12.1 Å². The summed E-state index contributed by atoms with van der Waals surface area (Å²) >= 11 is 0. The Hall–Kier alpha value is -1.55. The van der Waals surface area contributed by atoms with Gasteiger partial charge >= 0.3 is 0 Å². The van der Waals surface area contributed by atoms with Crippen molar-refractivity contribution in [1.82, 2.24) is 5.32 Å². The molecule has 3 N–H and O–H groups in total. The van der Waals surface area contributed by atoms with Gasteiger partial charge in [0.2, 0.25) is 5.91 Å². The maximum atomic E-state index is 11.8. The lowest BCUT2D eigenvalue weighted by Gasteiger charge is -2.16. The molecule has 0 saturated heterocycles. The Balaban J connectivity index is 2.68. The first-order valence-electron chi connectivity index (χ1n) is 6.12. The first-order valence-corrected chi connectivity index (χ1v) is 6.12. The molecule has 0 bridgehead atoms. The molecule has 4 heteroatoms. The van der Waals surface area contributed by atoms with Gasteiger partial charge in [0.25, 0.3) is 0 Å². The maximum Gasteiger partial charge on any atom is 0.237 e. The molecule has 100 valence electrons. The topological polar surface area (TPSA) is 64.3 Å². The van der Waals surface area contributed by atoms with Gasteiger partial charge in [0.1, 0.15) is 5.75 Å². The van der Waals surface area contributed by atoms with Crippen LogP contribution in [-0.4, -0.2) is 19.1 Å². The highest BCUT2D eigenvalue weighted by Crippen LogP contribution is 2.19. The smallest absolute Gasteiger partial charge is 0.237 e. The molecule has 0 saturated carbocycles. The van der Waals surface area contributed by atoms with Crippen molar-refractivity contribution >= 4 is 5.91 Å². The van der Waals surface area contributed by atoms with E-state index in [9.17, 15) is 4.79 Å². The number of carbonyl (C=O) groups excluding carboxylic acids is 1. The summed E-state index contributed by atoms with van der Waals surface area (Å²) in [5, 5.41) is 2.84. The molecule has 1 amide bonds. The minimum atomic E-state index is -0.471. The molecule has 0 aliphatic rings. The predicted molar refractivity (Wildman–Crippen MR) is 72.4 cm³/mol. The van der Waals surface area contributed by atoms with Gasteiger partial charge in [0.15, 0.2) is 0 Å². The van der Waals surface area contributed by atoms with Crippen molar-refractivity contribution in [2.75, 3.05) is 7.11 Å². The normalized spacial score (nSPS) is 12.3. The molecule has 0 aliphatic heterocycles. The average molecular weight is 250 g/mol. The summed E-state index contributed by atoms with van der Waals surface area (Å²) in [6.07, 6.45) is 0. The van der Waals surface area contributed by atoms with Crippen molar-refractivity contribution in [3.05, 3.63) is 29.3 Å². The number of benzene rings is 1. The predicted octanol–water partition coefficient (Wildman–Crippen LogP) is 1.60. The van der Waals surface area contributed by atoms with Crippen molar-refractivity contribution in [1.29, 1.82) is 0 Å². The van der Waals surface area contributed by atoms with Gasteiger partial charge in [-0.05, 0) is 18.9 Å². The van der Waals surface area contributed by atoms with E-state index in [2.05, 4.69) is 5.32 Å². The standard InChI is InChI=1S/C14H22N2O2/c1-9(2)13(15)14(17)16-8-11-7-10(3)5-6-12(11)18-4/h5-7,9,13H,8,15H2,1-4H3,(H,16,17). The number of carbonyl (C=O) groups is 1. The maximum absolute atomic E-state index is 11.8. The lowest BCUT2D eigenvalue weighted by Crippen LogP contribution is -2.43. The van der Waals surface area contributed by atoms with Crippen molar-refractivity contribution in [3.8, 4) is 5.75 Å². The minimum absolute atomic E-state index is 0.129. The van der Waals surface area contributed by atoms with E-state index >= 15 is 0 Å². The van der Waals surface area contributed by atoms with Gasteiger partial charge < -0.3 is 15.8 Å². The van der Waals surface area contributed by atoms with E-state index in [1.807, 2.05) is 39.0 Å². The number of hydrogen-bond acceptors (Lipinski definition) is 3. The Bertz CT molecular complexity index is 416. The van der Waals surface area contributed by atoms with Crippen LogP contribution in [0, 0.1) is 12.8 Å². The van der Waals surface area contributed by atoms with E-state index in [0.29, 0.717) is 6.54 Å². The summed E-state index contributed by atoms with van der Waals surface area (Å²) < 4.78 is 5.26. The highest BCUT2D eigenvalue weighted by molar-refractivity contribution is 5.81. The third kappa shape index (κ3) is 3.74. The fourth-order valence-corrected chi connectivity index (χ4v) is 1.65. The van der Waals surface area contributed by atoms with Gasteiger partial charge in [-0.1, -0.05) is 31.5 Å². The number of hydrogen-bond donors (Lipinski definition) is 2. The van der Waals surface area contributed by atoms with Gasteiger partial charge in [0.05, 0.1) is 13.2 Å². The van der Waals surface area contributed by atoms with E-state index < -0.39 is 6.04 Å². The van der Waals surface area contributed by atoms with Crippen LogP contribution in [-0.2, 0) is 11.3 Å². The van der Waals surface area contributed by atoms with Crippen LogP contribution in [0.5, 0.6) is 5.75 Å². The summed E-state index contributed by atoms with van der Waals surface area (Å²) in [6, 6.07) is 5.41. The third-order valence-electron chi connectivity index (χ3n) is 2.91. The Labute approximate surface area is 109 Å². The first-order chi connectivity index (χ1) is 8.45. The van der Waals surface area contributed by atoms with Crippen LogP contribution in [0.1, 0.15) is 25.0 Å². The number of nitrogens with one attached hydrogen (secondary N) is 1. The van der Waals surface area contributed by atoms with Gasteiger partial charge in [-0.3, -0.25) is 4.79 Å². The zero-order valence-corrected chi connectivity index (χ0v) is 11.5. The Morgan fingerprint density at radius 1 is 1.44 bits per heavy atom. The van der Waals surface area contributed by atoms with Crippen molar-refractivity contribution in [2.24, 2.45) is 11.7 Å². The summed E-state index contributed by atoms with van der Waals surface area (Å²) in [5.74, 6) is 0.775. The highest BCUT2D eigenvalue weighted by atomic mass is 16.5. The van der Waals surface area contributed by atoms with Crippen LogP contribution in [0.4, 0.5) is 0 Å². The molecule has 18 heavy (non-hydrogen) atoms. The quantitative estimate of drug-likeness (QED) is 0.834. The summed E-state index contributed by atoms with van der Waals surface area (Å²) in [7, 11) is 1.62. The molecule has 0 fully saturated rings. The van der Waals surface area contributed by atoms with Crippen molar-refractivity contribution in [3.63, 3.8) is 0 Å². The Morgan fingerprint density at radius 3 is 2.67 bits per heavy atom. The van der Waals surface area contributed by atoms with Crippen LogP contribution < -0.4 is 15.8 Å². The van der Waals surface area contributed by atoms with Gasteiger partial charge in [-0.15, -0.1) is 0 Å². The second kappa shape index (κ2) is 6.40. The van der Waals surface area contributed by atoms with E-state index in [1.54, 1.807) is 7.11 Å². The molecule has 1 unspecified atom stereocenters. The minimum Gasteiger partial charge on any atom is -0.496 e. The number of aryl methyl sites for hydroxylation is 1. The van der Waals surface area contributed by atoms with Gasteiger partial charge in [-0.25, -0.2) is 0 Å². The average Bonchev–Trinajstić information content (AvgIpc) is 2.35. The van der Waals surface area contributed by atoms with Crippen LogP contribution in [0.15, 0.2) is 18.2 Å². The molecular weight excluding hydrogens is 228 g/mol. The molecule has 4 nitrogen and oxygen atoms in total. The SMILES string of the molecule is COc1ccc(C)cc1CNC(=O)C(N)C(C)C. The molecular formula is C14H22N2O2. The molecule has 0 heterocycles. The lowest BCUT2D eigenvalue weighted by atomic mass is 10.0. The number of nitrogens with two attached hydrogens (primary N) is 1. The van der Waals surface area contributed by atoms with Crippen LogP contribution in [0.2, 0.25) is 0 Å². The zero-order chi connectivity index (χ0) is 13.7. The molecule has 1 atom stereocenters. The first kappa shape index (κ1) is 14.5. The fraction of sp³-hybridized carbons (Fsp3) is 0.500. The monoisotopic (exact) mass is 250 g/mol. The molecule has 1 aromatic rings. The number of ether oxygens (including phenoxy) is 1. The second-order valence-corrected chi connectivity index (χ2v) is 4.80. The van der Waals surface area contributed by atoms with Crippen LogP contribution in [0.3, 0.4) is 0 Å². The largest absolute Gasteiger partial charge is 0.496 e. The molecule has 0 aromatic heterocycles. The molecule has 1 aromatic carbocycles. The lowest BCUT2D eigenvalue weighted by molar-refractivity contribution is -0.123. The summed E-state index contributed by atoms with van der Waals surface area (Å²) in [5.41, 5.74) is 7.87. The van der Waals surface area contributed by atoms with E-state index in [4.69, 9.17) is 10.5 Å². The van der Waals surface area contributed by atoms with Gasteiger partial charge in [-0.2, -0.15) is 0 Å². The number of amides is 1. The molecule has 1 rings (SSSR count).